The summed E-state index contributed by atoms with van der Waals surface area (Å²) in [5, 5.41) is 18.3. The number of carbonyl (C=O) groups excluding carboxylic acids is 1. The Kier molecular flexibility index (Phi) is 14.0. The van der Waals surface area contributed by atoms with E-state index in [2.05, 4.69) is 6.08 Å². The standard InChI is InChI=1S/C18H32O4/c1-2-16(19)12-8-5-3-4-6-9-13-17(20)14-10-7-11-15-18(21)22/h6,9,17,20H,2-5,7-8,10-15H2,1H3,(H,21,22)/b9-6-. The van der Waals surface area contributed by atoms with E-state index in [1.54, 1.807) is 0 Å². The second-order valence-electron chi connectivity index (χ2n) is 5.85. The number of hydrogen-bond donors (Lipinski definition) is 2. The molecule has 0 radical (unpaired) electrons. The van der Waals surface area contributed by atoms with Crippen molar-refractivity contribution in [1.29, 1.82) is 0 Å². The van der Waals surface area contributed by atoms with Gasteiger partial charge in [-0.2, -0.15) is 0 Å². The number of rotatable bonds is 15. The van der Waals surface area contributed by atoms with Crippen molar-refractivity contribution in [2.24, 2.45) is 0 Å². The fourth-order valence-electron chi connectivity index (χ4n) is 2.26. The van der Waals surface area contributed by atoms with Gasteiger partial charge in [-0.25, -0.2) is 0 Å². The van der Waals surface area contributed by atoms with E-state index in [1.165, 1.54) is 0 Å². The topological polar surface area (TPSA) is 74.6 Å². The lowest BCUT2D eigenvalue weighted by Crippen LogP contribution is -2.04. The van der Waals surface area contributed by atoms with Gasteiger partial charge in [-0.1, -0.05) is 38.3 Å². The van der Waals surface area contributed by atoms with Crippen molar-refractivity contribution >= 4 is 11.8 Å². The van der Waals surface area contributed by atoms with E-state index in [1.807, 2.05) is 13.0 Å². The minimum Gasteiger partial charge on any atom is -0.481 e. The van der Waals surface area contributed by atoms with Gasteiger partial charge >= 0.3 is 5.97 Å². The Morgan fingerprint density at radius 1 is 0.955 bits per heavy atom. The zero-order valence-electron chi connectivity index (χ0n) is 13.9. The molecule has 0 aromatic rings. The lowest BCUT2D eigenvalue weighted by molar-refractivity contribution is -0.137. The third-order valence-electron chi connectivity index (χ3n) is 3.72. The lowest BCUT2D eigenvalue weighted by atomic mass is 10.1. The van der Waals surface area contributed by atoms with E-state index in [9.17, 15) is 14.7 Å². The third-order valence-corrected chi connectivity index (χ3v) is 3.72. The van der Waals surface area contributed by atoms with Crippen LogP contribution in [0.15, 0.2) is 12.2 Å². The lowest BCUT2D eigenvalue weighted by Gasteiger charge is -2.07. The molecule has 4 heteroatoms. The third kappa shape index (κ3) is 15.2. The number of Topliss-reactive ketones (excluding diaryl/α,β-unsaturated/α-hetero) is 1. The first-order valence-corrected chi connectivity index (χ1v) is 8.62. The zero-order chi connectivity index (χ0) is 16.6. The van der Waals surface area contributed by atoms with Gasteiger partial charge in [-0.3, -0.25) is 9.59 Å². The highest BCUT2D eigenvalue weighted by atomic mass is 16.4. The van der Waals surface area contributed by atoms with E-state index >= 15 is 0 Å². The van der Waals surface area contributed by atoms with Crippen molar-refractivity contribution in [3.05, 3.63) is 12.2 Å². The fraction of sp³-hybridized carbons (Fsp3) is 0.778. The first-order chi connectivity index (χ1) is 10.6. The summed E-state index contributed by atoms with van der Waals surface area (Å²) in [4.78, 5) is 21.5. The fourth-order valence-corrected chi connectivity index (χ4v) is 2.26. The van der Waals surface area contributed by atoms with Crippen LogP contribution in [-0.4, -0.2) is 28.1 Å². The zero-order valence-corrected chi connectivity index (χ0v) is 13.9. The molecule has 128 valence electrons. The molecule has 4 nitrogen and oxygen atoms in total. The van der Waals surface area contributed by atoms with Gasteiger partial charge in [0.2, 0.25) is 0 Å². The van der Waals surface area contributed by atoms with Gasteiger partial charge in [-0.05, 0) is 38.5 Å². The maximum atomic E-state index is 11.1. The van der Waals surface area contributed by atoms with Gasteiger partial charge in [0.15, 0.2) is 0 Å². The molecule has 1 unspecified atom stereocenters. The summed E-state index contributed by atoms with van der Waals surface area (Å²) in [6.45, 7) is 1.91. The molecular formula is C18H32O4. The van der Waals surface area contributed by atoms with Crippen LogP contribution in [0.25, 0.3) is 0 Å². The van der Waals surface area contributed by atoms with Crippen LogP contribution in [0.4, 0.5) is 0 Å². The molecular weight excluding hydrogens is 280 g/mol. The Bertz CT molecular complexity index is 323. The Hall–Kier alpha value is -1.16. The van der Waals surface area contributed by atoms with Crippen molar-refractivity contribution in [3.8, 4) is 0 Å². The molecule has 0 aliphatic heterocycles. The number of carbonyl (C=O) groups is 2. The van der Waals surface area contributed by atoms with Gasteiger partial charge in [0, 0.05) is 19.3 Å². The molecule has 0 aromatic heterocycles. The number of carboxylic acid groups (broad SMARTS) is 1. The number of aliphatic carboxylic acids is 1. The quantitative estimate of drug-likeness (QED) is 0.350. The van der Waals surface area contributed by atoms with Gasteiger partial charge in [0.25, 0.3) is 0 Å². The van der Waals surface area contributed by atoms with Crippen LogP contribution in [0.2, 0.25) is 0 Å². The van der Waals surface area contributed by atoms with Crippen molar-refractivity contribution in [3.63, 3.8) is 0 Å². The van der Waals surface area contributed by atoms with Crippen LogP contribution >= 0.6 is 0 Å². The maximum absolute atomic E-state index is 11.1. The molecule has 0 saturated heterocycles. The number of carboxylic acids is 1. The summed E-state index contributed by atoms with van der Waals surface area (Å²) in [7, 11) is 0. The maximum Gasteiger partial charge on any atom is 0.303 e. The molecule has 0 bridgehead atoms. The van der Waals surface area contributed by atoms with Gasteiger partial charge in [-0.15, -0.1) is 0 Å². The van der Waals surface area contributed by atoms with Crippen molar-refractivity contribution in [2.45, 2.75) is 90.1 Å². The number of allylic oxidation sites excluding steroid dienone is 1. The number of hydrogen-bond acceptors (Lipinski definition) is 3. The van der Waals surface area contributed by atoms with Gasteiger partial charge < -0.3 is 10.2 Å². The van der Waals surface area contributed by atoms with Gasteiger partial charge in [0.1, 0.15) is 5.78 Å². The largest absolute Gasteiger partial charge is 0.481 e. The van der Waals surface area contributed by atoms with E-state index in [4.69, 9.17) is 5.11 Å². The first-order valence-electron chi connectivity index (χ1n) is 8.62. The Labute approximate surface area is 134 Å². The number of ketones is 1. The molecule has 0 saturated carbocycles. The van der Waals surface area contributed by atoms with Crippen molar-refractivity contribution in [1.82, 2.24) is 0 Å². The molecule has 0 aliphatic carbocycles. The minimum absolute atomic E-state index is 0.222. The highest BCUT2D eigenvalue weighted by Crippen LogP contribution is 2.10. The summed E-state index contributed by atoms with van der Waals surface area (Å²) >= 11 is 0. The number of unbranched alkanes of at least 4 members (excludes halogenated alkanes) is 5. The van der Waals surface area contributed by atoms with Crippen LogP contribution in [0.1, 0.15) is 84.0 Å². The Balaban J connectivity index is 3.36. The summed E-state index contributed by atoms with van der Waals surface area (Å²) in [5.41, 5.74) is 0. The summed E-state index contributed by atoms with van der Waals surface area (Å²) in [6.07, 6.45) is 13.4. The van der Waals surface area contributed by atoms with Crippen LogP contribution in [-0.2, 0) is 9.59 Å². The molecule has 0 fully saturated rings. The Morgan fingerprint density at radius 2 is 1.64 bits per heavy atom. The van der Waals surface area contributed by atoms with Crippen LogP contribution in [0, 0.1) is 0 Å². The molecule has 1 atom stereocenters. The summed E-state index contributed by atoms with van der Waals surface area (Å²) in [6, 6.07) is 0. The molecule has 0 spiro atoms. The molecule has 0 aromatic carbocycles. The van der Waals surface area contributed by atoms with E-state index in [-0.39, 0.29) is 12.5 Å². The molecule has 0 aliphatic rings. The van der Waals surface area contributed by atoms with E-state index in [0.29, 0.717) is 31.5 Å². The first kappa shape index (κ1) is 20.8. The van der Waals surface area contributed by atoms with Crippen LogP contribution in [0.3, 0.4) is 0 Å². The van der Waals surface area contributed by atoms with Crippen LogP contribution < -0.4 is 0 Å². The average Bonchev–Trinajstić information content (AvgIpc) is 2.48. The smallest absolute Gasteiger partial charge is 0.303 e. The Morgan fingerprint density at radius 3 is 2.32 bits per heavy atom. The number of aliphatic hydroxyl groups is 1. The molecule has 22 heavy (non-hydrogen) atoms. The monoisotopic (exact) mass is 312 g/mol. The average molecular weight is 312 g/mol. The van der Waals surface area contributed by atoms with Crippen molar-refractivity contribution in [2.75, 3.05) is 0 Å². The van der Waals surface area contributed by atoms with Gasteiger partial charge in [0.05, 0.1) is 6.10 Å². The van der Waals surface area contributed by atoms with Crippen LogP contribution in [0.5, 0.6) is 0 Å². The predicted octanol–water partition coefficient (Wildman–Crippen LogP) is 4.26. The highest BCUT2D eigenvalue weighted by molar-refractivity contribution is 5.77. The number of aliphatic hydroxyl groups excluding tert-OH is 1. The highest BCUT2D eigenvalue weighted by Gasteiger charge is 2.02. The van der Waals surface area contributed by atoms with Crippen molar-refractivity contribution < 1.29 is 19.8 Å². The molecule has 0 rings (SSSR count). The molecule has 0 heterocycles. The SMILES string of the molecule is CCC(=O)CCCCC/C=C\CC(O)CCCCCC(=O)O. The summed E-state index contributed by atoms with van der Waals surface area (Å²) < 4.78 is 0. The normalized spacial score (nSPS) is 12.6. The second-order valence-corrected chi connectivity index (χ2v) is 5.85. The van der Waals surface area contributed by atoms with E-state index in [0.717, 1.165) is 44.9 Å². The molecule has 0 amide bonds. The van der Waals surface area contributed by atoms with E-state index < -0.39 is 5.97 Å². The minimum atomic E-state index is -0.748. The predicted molar refractivity (Wildman–Crippen MR) is 88.9 cm³/mol. The summed E-state index contributed by atoms with van der Waals surface area (Å²) in [5.74, 6) is -0.399. The second kappa shape index (κ2) is 14.8. The molecule has 2 N–H and O–H groups in total.